The van der Waals surface area contributed by atoms with E-state index in [1.807, 2.05) is 25.1 Å². The Kier molecular flexibility index (Phi) is 5.21. The Morgan fingerprint density at radius 2 is 2.00 bits per heavy atom. The zero-order valence-electron chi connectivity index (χ0n) is 13.5. The highest BCUT2D eigenvalue weighted by atomic mass is 32.2. The number of allylic oxidation sites excluding steroid dienone is 1. The molecule has 1 aliphatic heterocycles. The first-order valence-corrected chi connectivity index (χ1v) is 9.12. The first-order valence-electron chi connectivity index (χ1n) is 8.31. The van der Waals surface area contributed by atoms with E-state index in [1.54, 1.807) is 6.08 Å². The summed E-state index contributed by atoms with van der Waals surface area (Å²) in [6.07, 6.45) is 8.38. The van der Waals surface area contributed by atoms with Crippen LogP contribution in [-0.4, -0.2) is 17.5 Å². The number of hydrogen-bond donors (Lipinski definition) is 0. The van der Waals surface area contributed by atoms with Crippen LogP contribution in [0.2, 0.25) is 0 Å². The lowest BCUT2D eigenvalue weighted by Crippen LogP contribution is -2.15. The van der Waals surface area contributed by atoms with Crippen molar-refractivity contribution in [3.05, 3.63) is 34.2 Å². The van der Waals surface area contributed by atoms with E-state index in [4.69, 9.17) is 4.74 Å². The number of Topliss-reactive ketones (excluding diaryl/α,β-unsaturated/α-hetero) is 1. The molecule has 3 rings (SSSR count). The Labute approximate surface area is 141 Å². The maximum absolute atomic E-state index is 11.7. The van der Waals surface area contributed by atoms with Gasteiger partial charge in [0.1, 0.15) is 5.75 Å². The van der Waals surface area contributed by atoms with Crippen molar-refractivity contribution in [2.45, 2.75) is 45.4 Å². The van der Waals surface area contributed by atoms with Gasteiger partial charge in [-0.2, -0.15) is 0 Å². The molecule has 0 radical (unpaired) electrons. The van der Waals surface area contributed by atoms with Gasteiger partial charge in [-0.25, -0.2) is 0 Å². The molecule has 122 valence electrons. The molecular formula is C19H22O3S. The highest BCUT2D eigenvalue weighted by molar-refractivity contribution is 8.18. The van der Waals surface area contributed by atoms with Gasteiger partial charge in [0, 0.05) is 0 Å². The number of ketones is 1. The van der Waals surface area contributed by atoms with Crippen molar-refractivity contribution in [2.24, 2.45) is 5.92 Å². The maximum atomic E-state index is 11.7. The Bertz CT molecular complexity index is 642. The molecule has 1 aromatic carbocycles. The monoisotopic (exact) mass is 330 g/mol. The molecule has 0 unspecified atom stereocenters. The SMILES string of the molecule is Cc1cc(/C=C2\SC(=O)CC2=O)ccc1OCC1CCCCC1. The smallest absolute Gasteiger partial charge is 0.201 e. The van der Waals surface area contributed by atoms with Crippen LogP contribution in [0.25, 0.3) is 6.08 Å². The Morgan fingerprint density at radius 3 is 2.65 bits per heavy atom. The number of benzene rings is 1. The molecule has 0 bridgehead atoms. The molecule has 1 saturated heterocycles. The summed E-state index contributed by atoms with van der Waals surface area (Å²) in [5, 5.41) is -0.0644. The van der Waals surface area contributed by atoms with E-state index < -0.39 is 0 Å². The Balaban J connectivity index is 1.64. The molecule has 1 aliphatic carbocycles. The van der Waals surface area contributed by atoms with E-state index in [0.29, 0.717) is 10.8 Å². The fourth-order valence-electron chi connectivity index (χ4n) is 3.18. The summed E-state index contributed by atoms with van der Waals surface area (Å²) in [6, 6.07) is 5.93. The molecule has 3 nitrogen and oxygen atoms in total. The van der Waals surface area contributed by atoms with Gasteiger partial charge >= 0.3 is 0 Å². The van der Waals surface area contributed by atoms with E-state index in [1.165, 1.54) is 32.1 Å². The average Bonchev–Trinajstić information content (AvgIpc) is 2.85. The van der Waals surface area contributed by atoms with Crippen molar-refractivity contribution in [2.75, 3.05) is 6.61 Å². The summed E-state index contributed by atoms with van der Waals surface area (Å²) in [5.41, 5.74) is 2.01. The second-order valence-corrected chi connectivity index (χ2v) is 7.52. The Hall–Kier alpha value is -1.55. The van der Waals surface area contributed by atoms with Gasteiger partial charge in [0.05, 0.1) is 17.9 Å². The third-order valence-electron chi connectivity index (χ3n) is 4.50. The summed E-state index contributed by atoms with van der Waals surface area (Å²) >= 11 is 1.05. The van der Waals surface area contributed by atoms with E-state index in [9.17, 15) is 9.59 Å². The highest BCUT2D eigenvalue weighted by Crippen LogP contribution is 2.32. The Morgan fingerprint density at radius 1 is 1.22 bits per heavy atom. The third-order valence-corrected chi connectivity index (χ3v) is 5.44. The number of carbonyl (C=O) groups excluding carboxylic acids is 2. The molecule has 4 heteroatoms. The van der Waals surface area contributed by atoms with E-state index in [0.717, 1.165) is 35.2 Å². The zero-order chi connectivity index (χ0) is 16.2. The molecule has 0 spiro atoms. The quantitative estimate of drug-likeness (QED) is 0.601. The minimum Gasteiger partial charge on any atom is -0.493 e. The number of hydrogen-bond acceptors (Lipinski definition) is 4. The lowest BCUT2D eigenvalue weighted by atomic mass is 9.90. The number of thioether (sulfide) groups is 1. The predicted octanol–water partition coefficient (Wildman–Crippen LogP) is 4.53. The number of aryl methyl sites for hydroxylation is 1. The van der Waals surface area contributed by atoms with Gasteiger partial charge in [-0.05, 0) is 66.8 Å². The second kappa shape index (κ2) is 7.35. The molecular weight excluding hydrogens is 308 g/mol. The summed E-state index contributed by atoms with van der Waals surface area (Å²) in [6.45, 7) is 2.82. The van der Waals surface area contributed by atoms with Crippen molar-refractivity contribution in [3.8, 4) is 5.75 Å². The summed E-state index contributed by atoms with van der Waals surface area (Å²) in [7, 11) is 0. The lowest BCUT2D eigenvalue weighted by molar-refractivity contribution is -0.119. The van der Waals surface area contributed by atoms with Crippen LogP contribution in [0, 0.1) is 12.8 Å². The van der Waals surface area contributed by atoms with Crippen molar-refractivity contribution in [3.63, 3.8) is 0 Å². The second-order valence-electron chi connectivity index (χ2n) is 6.42. The van der Waals surface area contributed by atoms with Crippen LogP contribution in [0.15, 0.2) is 23.1 Å². The molecule has 2 fully saturated rings. The number of ether oxygens (including phenoxy) is 1. The largest absolute Gasteiger partial charge is 0.493 e. The van der Waals surface area contributed by atoms with Crippen LogP contribution in [0.3, 0.4) is 0 Å². The highest BCUT2D eigenvalue weighted by Gasteiger charge is 2.25. The fourth-order valence-corrected chi connectivity index (χ4v) is 4.01. The van der Waals surface area contributed by atoms with E-state index in [2.05, 4.69) is 0 Å². The van der Waals surface area contributed by atoms with Crippen LogP contribution >= 0.6 is 11.8 Å². The predicted molar refractivity (Wildman–Crippen MR) is 93.4 cm³/mol. The van der Waals surface area contributed by atoms with Gasteiger partial charge in [0.2, 0.25) is 5.12 Å². The van der Waals surface area contributed by atoms with Gasteiger partial charge in [-0.1, -0.05) is 25.3 Å². The topological polar surface area (TPSA) is 43.4 Å². The zero-order valence-corrected chi connectivity index (χ0v) is 14.3. The van der Waals surface area contributed by atoms with Gasteiger partial charge < -0.3 is 4.74 Å². The number of carbonyl (C=O) groups is 2. The number of rotatable bonds is 4. The molecule has 0 atom stereocenters. The van der Waals surface area contributed by atoms with Crippen molar-refractivity contribution in [1.82, 2.24) is 0 Å². The van der Waals surface area contributed by atoms with E-state index in [-0.39, 0.29) is 17.3 Å². The molecule has 1 heterocycles. The molecule has 0 amide bonds. The minimum atomic E-state index is -0.0738. The maximum Gasteiger partial charge on any atom is 0.201 e. The molecule has 0 N–H and O–H groups in total. The van der Waals surface area contributed by atoms with Gasteiger partial charge in [-0.15, -0.1) is 0 Å². The lowest BCUT2D eigenvalue weighted by Gasteiger charge is -2.22. The van der Waals surface area contributed by atoms with Crippen molar-refractivity contribution < 1.29 is 14.3 Å². The van der Waals surface area contributed by atoms with Crippen LogP contribution < -0.4 is 4.74 Å². The van der Waals surface area contributed by atoms with Crippen LogP contribution in [-0.2, 0) is 9.59 Å². The normalized spacial score (nSPS) is 21.2. The minimum absolute atomic E-state index is 0.0259. The van der Waals surface area contributed by atoms with Gasteiger partial charge in [0.25, 0.3) is 0 Å². The standard InChI is InChI=1S/C19H22O3S/c1-13-9-15(10-18-16(20)11-19(21)23-18)7-8-17(13)22-12-14-5-3-2-4-6-14/h7-10,14H,2-6,11-12H2,1H3/b18-10-. The summed E-state index contributed by atoms with van der Waals surface area (Å²) in [4.78, 5) is 23.5. The van der Waals surface area contributed by atoms with Crippen molar-refractivity contribution >= 4 is 28.7 Å². The first-order chi connectivity index (χ1) is 11.1. The average molecular weight is 330 g/mol. The van der Waals surface area contributed by atoms with Gasteiger partial charge in [-0.3, -0.25) is 9.59 Å². The van der Waals surface area contributed by atoms with Crippen molar-refractivity contribution in [1.29, 1.82) is 0 Å². The van der Waals surface area contributed by atoms with E-state index >= 15 is 0 Å². The van der Waals surface area contributed by atoms with Crippen LogP contribution in [0.1, 0.15) is 49.7 Å². The first kappa shape index (κ1) is 16.3. The van der Waals surface area contributed by atoms with Crippen LogP contribution in [0.4, 0.5) is 0 Å². The fraction of sp³-hybridized carbons (Fsp3) is 0.474. The molecule has 23 heavy (non-hydrogen) atoms. The molecule has 2 aliphatic rings. The molecule has 1 saturated carbocycles. The summed E-state index contributed by atoms with van der Waals surface area (Å²) in [5.74, 6) is 1.53. The molecule has 1 aromatic rings. The van der Waals surface area contributed by atoms with Gasteiger partial charge in [0.15, 0.2) is 5.78 Å². The summed E-state index contributed by atoms with van der Waals surface area (Å²) < 4.78 is 5.99. The molecule has 0 aromatic heterocycles. The third kappa shape index (κ3) is 4.25. The van der Waals surface area contributed by atoms with Crippen LogP contribution in [0.5, 0.6) is 5.75 Å².